The van der Waals surface area contributed by atoms with Gasteiger partial charge in [0.05, 0.1) is 54.9 Å². The van der Waals surface area contributed by atoms with Crippen molar-refractivity contribution >= 4 is 52.3 Å². The summed E-state index contributed by atoms with van der Waals surface area (Å²) >= 11 is 6.42. The van der Waals surface area contributed by atoms with Crippen LogP contribution in [0.5, 0.6) is 11.5 Å². The topological polar surface area (TPSA) is 117 Å². The first kappa shape index (κ1) is 34.3. The van der Waals surface area contributed by atoms with Gasteiger partial charge in [-0.2, -0.15) is 0 Å². The summed E-state index contributed by atoms with van der Waals surface area (Å²) in [4.78, 5) is 64.2. The summed E-state index contributed by atoms with van der Waals surface area (Å²) in [6, 6.07) is 28.3. The highest BCUT2D eigenvalue weighted by molar-refractivity contribution is 6.32. The lowest BCUT2D eigenvalue weighted by Crippen LogP contribution is -2.53. The molecule has 6 unspecified atom stereocenters. The van der Waals surface area contributed by atoms with E-state index in [4.69, 9.17) is 21.1 Å². The Kier molecular flexibility index (Phi) is 8.35. The molecule has 1 saturated carbocycles. The number of phenolic OH excluding ortho intramolecular Hbond substituents is 1. The van der Waals surface area contributed by atoms with Crippen LogP contribution in [0.4, 0.5) is 17.1 Å². The fraction of sp³-hybridized carbons (Fsp3) is 0.302. The normalized spacial score (nSPS) is 27.8. The number of benzene rings is 4. The molecule has 3 aliphatic heterocycles. The third-order valence-corrected chi connectivity index (χ3v) is 12.4. The van der Waals surface area contributed by atoms with Gasteiger partial charge in [0.25, 0.3) is 0 Å². The average molecular weight is 744 g/mol. The second-order valence-corrected chi connectivity index (χ2v) is 15.1. The molecule has 3 heterocycles. The molecule has 4 aromatic rings. The van der Waals surface area contributed by atoms with Crippen LogP contribution in [-0.4, -0.2) is 62.1 Å². The number of carbonyl (C=O) groups excluding carboxylic acids is 4. The van der Waals surface area contributed by atoms with Crippen LogP contribution in [-0.2, 0) is 29.3 Å². The lowest BCUT2D eigenvalue weighted by atomic mass is 9.49. The molecule has 4 aromatic carbocycles. The minimum atomic E-state index is -1.46. The van der Waals surface area contributed by atoms with Gasteiger partial charge in [0.1, 0.15) is 11.5 Å². The summed E-state index contributed by atoms with van der Waals surface area (Å²) in [5.41, 5.74) is 2.44. The van der Waals surface area contributed by atoms with E-state index in [1.54, 1.807) is 36.4 Å². The van der Waals surface area contributed by atoms with E-state index in [2.05, 4.69) is 4.90 Å². The van der Waals surface area contributed by atoms with Gasteiger partial charge < -0.3 is 19.5 Å². The summed E-state index contributed by atoms with van der Waals surface area (Å²) in [5.74, 6) is -4.70. The van der Waals surface area contributed by atoms with Crippen molar-refractivity contribution in [1.29, 1.82) is 0 Å². The number of amides is 4. The van der Waals surface area contributed by atoms with Crippen molar-refractivity contribution in [2.24, 2.45) is 23.7 Å². The first-order chi connectivity index (χ1) is 26.2. The highest BCUT2D eigenvalue weighted by Gasteiger charge is 2.70. The zero-order valence-corrected chi connectivity index (χ0v) is 30.3. The van der Waals surface area contributed by atoms with E-state index in [1.807, 2.05) is 60.7 Å². The zero-order chi connectivity index (χ0) is 37.3. The largest absolute Gasteiger partial charge is 0.508 e. The van der Waals surface area contributed by atoms with E-state index < -0.39 is 46.8 Å². The van der Waals surface area contributed by atoms with Crippen LogP contribution in [0.15, 0.2) is 109 Å². The number of aromatic hydroxyl groups is 1. The van der Waals surface area contributed by atoms with Crippen LogP contribution >= 0.6 is 11.6 Å². The van der Waals surface area contributed by atoms with Gasteiger partial charge in [-0.15, -0.1) is 0 Å². The highest BCUT2D eigenvalue weighted by Crippen LogP contribution is 2.65. The fourth-order valence-electron chi connectivity index (χ4n) is 9.92. The van der Waals surface area contributed by atoms with Gasteiger partial charge >= 0.3 is 0 Å². The summed E-state index contributed by atoms with van der Waals surface area (Å²) < 4.78 is 11.4. The highest BCUT2D eigenvalue weighted by atomic mass is 35.5. The first-order valence-electron chi connectivity index (χ1n) is 18.3. The number of carbonyl (C=O) groups is 4. The molecule has 9 rings (SSSR count). The number of ether oxygens (including phenoxy) is 2. The van der Waals surface area contributed by atoms with E-state index in [-0.39, 0.29) is 30.4 Å². The SMILES string of the molecule is COc1cc(O)ccc1C1C2=CCC3C(=O)N(c4ccc(N5CCOCC5)cc4)C(=O)C3C2CC2C(=O)N(c3cccc(Cl)c3)C(=O)C21c1ccccc1. The molecule has 0 bridgehead atoms. The smallest absolute Gasteiger partial charge is 0.246 e. The molecular weight excluding hydrogens is 706 g/mol. The zero-order valence-electron chi connectivity index (χ0n) is 29.6. The van der Waals surface area contributed by atoms with E-state index >= 15 is 4.79 Å². The Hall–Kier alpha value is -5.45. The van der Waals surface area contributed by atoms with Gasteiger partial charge in [-0.25, -0.2) is 4.90 Å². The second-order valence-electron chi connectivity index (χ2n) is 14.6. The van der Waals surface area contributed by atoms with Crippen molar-refractivity contribution < 1.29 is 33.8 Å². The van der Waals surface area contributed by atoms with Crippen LogP contribution in [0.25, 0.3) is 0 Å². The third-order valence-electron chi connectivity index (χ3n) is 12.2. The Morgan fingerprint density at radius 2 is 1.52 bits per heavy atom. The van der Waals surface area contributed by atoms with Crippen LogP contribution in [0.2, 0.25) is 5.02 Å². The number of fused-ring (bicyclic) bond motifs is 4. The molecule has 10 nitrogen and oxygen atoms in total. The number of allylic oxidation sites excluding steroid dienone is 2. The predicted octanol–water partition coefficient (Wildman–Crippen LogP) is 6.26. The fourth-order valence-corrected chi connectivity index (χ4v) is 10.1. The van der Waals surface area contributed by atoms with Gasteiger partial charge in [0.2, 0.25) is 23.6 Å². The van der Waals surface area contributed by atoms with Crippen LogP contribution in [0, 0.1) is 23.7 Å². The van der Waals surface area contributed by atoms with Gasteiger partial charge in [-0.1, -0.05) is 65.7 Å². The number of hydrogen-bond acceptors (Lipinski definition) is 8. The van der Waals surface area contributed by atoms with Crippen molar-refractivity contribution in [3.05, 3.63) is 125 Å². The quantitative estimate of drug-likeness (QED) is 0.182. The second kappa shape index (κ2) is 13.1. The maximum atomic E-state index is 15.4. The molecule has 6 atom stereocenters. The van der Waals surface area contributed by atoms with Crippen LogP contribution in [0.1, 0.15) is 29.9 Å². The number of halogens is 1. The minimum Gasteiger partial charge on any atom is -0.508 e. The van der Waals surface area contributed by atoms with Crippen LogP contribution < -0.4 is 19.4 Å². The number of anilines is 3. The lowest BCUT2D eigenvalue weighted by Gasteiger charge is -2.51. The number of morpholine rings is 1. The van der Waals surface area contributed by atoms with Crippen molar-refractivity contribution in [2.75, 3.05) is 48.1 Å². The Balaban J connectivity index is 1.19. The molecule has 0 aromatic heterocycles. The molecule has 4 fully saturated rings. The predicted molar refractivity (Wildman–Crippen MR) is 203 cm³/mol. The van der Waals surface area contributed by atoms with Crippen molar-refractivity contribution in [3.63, 3.8) is 0 Å². The molecule has 0 radical (unpaired) electrons. The van der Waals surface area contributed by atoms with Crippen LogP contribution in [0.3, 0.4) is 0 Å². The monoisotopic (exact) mass is 743 g/mol. The van der Waals surface area contributed by atoms with E-state index in [0.717, 1.165) is 24.4 Å². The minimum absolute atomic E-state index is 0.0211. The number of phenols is 1. The summed E-state index contributed by atoms with van der Waals surface area (Å²) in [5, 5.41) is 10.9. The molecule has 3 saturated heterocycles. The van der Waals surface area contributed by atoms with Gasteiger partial charge in [-0.05, 0) is 72.9 Å². The van der Waals surface area contributed by atoms with E-state index in [9.17, 15) is 19.5 Å². The standard InChI is InChI=1S/C43H38ClN3O7/c1-53-36-23-30(48)14-15-32(36)38-31-16-17-33-37(41(51)46(39(33)49)28-12-10-27(11-13-28)45-18-20-54-21-19-45)34(31)24-35-40(50)47(29-9-5-8-26(44)22-29)42(52)43(35,38)25-6-3-2-4-7-25/h2-16,22-23,33-35,37-38,48H,17-21,24H2,1H3. The summed E-state index contributed by atoms with van der Waals surface area (Å²) in [7, 11) is 1.50. The summed E-state index contributed by atoms with van der Waals surface area (Å²) in [6.45, 7) is 2.80. The molecule has 1 N–H and O–H groups in total. The molecule has 4 amide bonds. The van der Waals surface area contributed by atoms with Crippen molar-refractivity contribution in [3.8, 4) is 11.5 Å². The van der Waals surface area contributed by atoms with Gasteiger partial charge in [0, 0.05) is 41.3 Å². The number of methoxy groups -OCH3 is 1. The van der Waals surface area contributed by atoms with Gasteiger partial charge in [-0.3, -0.25) is 24.1 Å². The summed E-state index contributed by atoms with van der Waals surface area (Å²) in [6.07, 6.45) is 2.47. The molecule has 54 heavy (non-hydrogen) atoms. The number of imide groups is 2. The third kappa shape index (κ3) is 5.03. The maximum Gasteiger partial charge on any atom is 0.246 e. The lowest BCUT2D eigenvalue weighted by molar-refractivity contribution is -0.127. The first-order valence-corrected chi connectivity index (χ1v) is 18.7. The number of rotatable bonds is 6. The van der Waals surface area contributed by atoms with Crippen molar-refractivity contribution in [2.45, 2.75) is 24.2 Å². The van der Waals surface area contributed by atoms with E-state index in [0.29, 0.717) is 46.5 Å². The van der Waals surface area contributed by atoms with Gasteiger partial charge in [0.15, 0.2) is 0 Å². The molecule has 5 aliphatic rings. The Labute approximate surface area is 317 Å². The van der Waals surface area contributed by atoms with E-state index in [1.165, 1.54) is 23.0 Å². The van der Waals surface area contributed by atoms with Crippen molar-refractivity contribution in [1.82, 2.24) is 0 Å². The molecule has 0 spiro atoms. The maximum absolute atomic E-state index is 15.4. The Bertz CT molecular complexity index is 2220. The Morgan fingerprint density at radius 1 is 0.778 bits per heavy atom. The molecular formula is C43H38ClN3O7. The number of hydrogen-bond donors (Lipinski definition) is 1. The molecule has 11 heteroatoms. The Morgan fingerprint density at radius 3 is 2.24 bits per heavy atom. The average Bonchev–Trinajstić information content (AvgIpc) is 3.59. The molecule has 2 aliphatic carbocycles. The molecule has 274 valence electrons. The number of nitrogens with zero attached hydrogens (tertiary/aromatic N) is 3.